The van der Waals surface area contributed by atoms with Gasteiger partial charge in [0.15, 0.2) is 0 Å². The van der Waals surface area contributed by atoms with Gasteiger partial charge in [0, 0.05) is 18.7 Å². The third-order valence-corrected chi connectivity index (χ3v) is 5.38. The van der Waals surface area contributed by atoms with Crippen LogP contribution in [0.5, 0.6) is 0 Å². The molecule has 0 atom stereocenters. The Hall–Kier alpha value is -1.91. The van der Waals surface area contributed by atoms with Crippen molar-refractivity contribution in [3.8, 4) is 12.3 Å². The fraction of sp³-hybridized carbons (Fsp3) is 0.429. The van der Waals surface area contributed by atoms with E-state index in [9.17, 15) is 18.5 Å². The Bertz CT molecular complexity index is 702. The molecule has 112 valence electrons. The summed E-state index contributed by atoms with van der Waals surface area (Å²) in [6, 6.07) is 3.83. The molecule has 0 heterocycles. The van der Waals surface area contributed by atoms with Crippen LogP contribution in [0.1, 0.15) is 18.4 Å². The van der Waals surface area contributed by atoms with E-state index in [1.807, 2.05) is 0 Å². The number of aryl methyl sites for hydroxylation is 1. The van der Waals surface area contributed by atoms with Gasteiger partial charge in [-0.25, -0.2) is 8.42 Å². The summed E-state index contributed by atoms with van der Waals surface area (Å²) >= 11 is 0. The fourth-order valence-corrected chi connectivity index (χ4v) is 3.73. The Kier molecular flexibility index (Phi) is 4.30. The van der Waals surface area contributed by atoms with Gasteiger partial charge in [-0.15, -0.1) is 6.42 Å². The highest BCUT2D eigenvalue weighted by Crippen LogP contribution is 2.32. The molecular formula is C14H16N2O4S. The van der Waals surface area contributed by atoms with Crippen LogP contribution < -0.4 is 0 Å². The molecule has 0 saturated heterocycles. The van der Waals surface area contributed by atoms with E-state index in [-0.39, 0.29) is 17.1 Å². The van der Waals surface area contributed by atoms with Gasteiger partial charge < -0.3 is 0 Å². The molecule has 0 spiro atoms. The minimum absolute atomic E-state index is 0.0268. The second-order valence-electron chi connectivity index (χ2n) is 5.15. The van der Waals surface area contributed by atoms with E-state index < -0.39 is 14.9 Å². The van der Waals surface area contributed by atoms with E-state index >= 15 is 0 Å². The molecule has 1 aromatic carbocycles. The molecule has 1 fully saturated rings. The van der Waals surface area contributed by atoms with E-state index in [0.29, 0.717) is 18.0 Å². The normalized spacial score (nSPS) is 14.9. The molecule has 0 radical (unpaired) electrons. The third-order valence-electron chi connectivity index (χ3n) is 3.43. The van der Waals surface area contributed by atoms with Crippen molar-refractivity contribution in [3.05, 3.63) is 33.9 Å². The standard InChI is InChI=1S/C14H16N2O4S/c1-3-8-15(10-12-5-6-12)21(19,20)14-9-13(16(17)18)7-4-11(14)2/h1,4,7,9,12H,5-6,8,10H2,2H3. The van der Waals surface area contributed by atoms with Gasteiger partial charge in [-0.05, 0) is 31.2 Å². The second kappa shape index (κ2) is 5.84. The molecule has 1 aliphatic carbocycles. The Morgan fingerprint density at radius 1 is 1.48 bits per heavy atom. The van der Waals surface area contributed by atoms with E-state index in [1.54, 1.807) is 6.92 Å². The first-order valence-corrected chi connectivity index (χ1v) is 7.99. The summed E-state index contributed by atoms with van der Waals surface area (Å²) in [5, 5.41) is 10.8. The third kappa shape index (κ3) is 3.40. The molecule has 0 unspecified atom stereocenters. The van der Waals surface area contributed by atoms with Gasteiger partial charge in [-0.3, -0.25) is 10.1 Å². The molecule has 0 N–H and O–H groups in total. The van der Waals surface area contributed by atoms with Crippen LogP contribution in [0, 0.1) is 35.3 Å². The molecule has 7 heteroatoms. The summed E-state index contributed by atoms with van der Waals surface area (Å²) < 4.78 is 26.6. The zero-order valence-corrected chi connectivity index (χ0v) is 12.5. The average Bonchev–Trinajstić information content (AvgIpc) is 3.22. The number of hydrogen-bond acceptors (Lipinski definition) is 4. The molecule has 6 nitrogen and oxygen atoms in total. The van der Waals surface area contributed by atoms with Crippen LogP contribution in [-0.2, 0) is 10.0 Å². The van der Waals surface area contributed by atoms with Crippen LogP contribution in [0.4, 0.5) is 5.69 Å². The summed E-state index contributed by atoms with van der Waals surface area (Å²) in [4.78, 5) is 10.2. The summed E-state index contributed by atoms with van der Waals surface area (Å²) in [5.74, 6) is 2.69. The lowest BCUT2D eigenvalue weighted by Crippen LogP contribution is -2.33. The van der Waals surface area contributed by atoms with Gasteiger partial charge in [-0.1, -0.05) is 12.0 Å². The Morgan fingerprint density at radius 2 is 2.14 bits per heavy atom. The Labute approximate surface area is 124 Å². The summed E-state index contributed by atoms with van der Waals surface area (Å²) in [7, 11) is -3.82. The molecule has 1 aromatic rings. The van der Waals surface area contributed by atoms with Crippen molar-refractivity contribution >= 4 is 15.7 Å². The molecular weight excluding hydrogens is 292 g/mol. The number of nitrogens with zero attached hydrogens (tertiary/aromatic N) is 2. The number of terminal acetylenes is 1. The maximum atomic E-state index is 12.7. The van der Waals surface area contributed by atoms with E-state index in [0.717, 1.165) is 18.9 Å². The lowest BCUT2D eigenvalue weighted by molar-refractivity contribution is -0.385. The number of benzene rings is 1. The monoisotopic (exact) mass is 308 g/mol. The van der Waals surface area contributed by atoms with Crippen molar-refractivity contribution < 1.29 is 13.3 Å². The highest BCUT2D eigenvalue weighted by molar-refractivity contribution is 7.89. The van der Waals surface area contributed by atoms with Gasteiger partial charge in [0.2, 0.25) is 10.0 Å². The van der Waals surface area contributed by atoms with Crippen molar-refractivity contribution in [1.29, 1.82) is 0 Å². The van der Waals surface area contributed by atoms with Crippen LogP contribution in [0.15, 0.2) is 23.1 Å². The van der Waals surface area contributed by atoms with Crippen LogP contribution in [0.25, 0.3) is 0 Å². The zero-order valence-electron chi connectivity index (χ0n) is 11.7. The number of rotatable bonds is 6. The molecule has 2 rings (SSSR count). The van der Waals surface area contributed by atoms with Crippen LogP contribution in [0.3, 0.4) is 0 Å². The number of nitro groups is 1. The predicted octanol–water partition coefficient (Wildman–Crippen LogP) is 1.94. The van der Waals surface area contributed by atoms with E-state index in [2.05, 4.69) is 5.92 Å². The van der Waals surface area contributed by atoms with Gasteiger partial charge in [-0.2, -0.15) is 4.31 Å². The summed E-state index contributed by atoms with van der Waals surface area (Å²) in [5.41, 5.74) is 0.227. The minimum atomic E-state index is -3.82. The van der Waals surface area contributed by atoms with Crippen LogP contribution in [-0.4, -0.2) is 30.7 Å². The summed E-state index contributed by atoms with van der Waals surface area (Å²) in [6.45, 7) is 1.96. The first-order valence-electron chi connectivity index (χ1n) is 6.55. The van der Waals surface area contributed by atoms with Crippen LogP contribution >= 0.6 is 0 Å². The topological polar surface area (TPSA) is 80.5 Å². The largest absolute Gasteiger partial charge is 0.270 e. The number of nitro benzene ring substituents is 1. The lowest BCUT2D eigenvalue weighted by Gasteiger charge is -2.20. The van der Waals surface area contributed by atoms with Gasteiger partial charge in [0.05, 0.1) is 16.4 Å². The SMILES string of the molecule is C#CCN(CC1CC1)S(=O)(=O)c1cc([N+](=O)[O-])ccc1C. The molecule has 21 heavy (non-hydrogen) atoms. The van der Waals surface area contributed by atoms with Gasteiger partial charge in [0.1, 0.15) is 0 Å². The van der Waals surface area contributed by atoms with E-state index in [4.69, 9.17) is 6.42 Å². The van der Waals surface area contributed by atoms with Crippen LogP contribution in [0.2, 0.25) is 0 Å². The highest BCUT2D eigenvalue weighted by atomic mass is 32.2. The van der Waals surface area contributed by atoms with Crippen molar-refractivity contribution in [2.75, 3.05) is 13.1 Å². The maximum Gasteiger partial charge on any atom is 0.270 e. The summed E-state index contributed by atoms with van der Waals surface area (Å²) in [6.07, 6.45) is 7.23. The number of sulfonamides is 1. The van der Waals surface area contributed by atoms with Crippen molar-refractivity contribution in [2.24, 2.45) is 5.92 Å². The minimum Gasteiger partial charge on any atom is -0.258 e. The quantitative estimate of drug-likeness (QED) is 0.457. The molecule has 1 aliphatic rings. The molecule has 0 amide bonds. The molecule has 0 aromatic heterocycles. The van der Waals surface area contributed by atoms with Gasteiger partial charge >= 0.3 is 0 Å². The first-order chi connectivity index (χ1) is 9.86. The number of hydrogen-bond donors (Lipinski definition) is 0. The molecule has 1 saturated carbocycles. The Balaban J connectivity index is 2.43. The second-order valence-corrected chi connectivity index (χ2v) is 7.06. The smallest absolute Gasteiger partial charge is 0.258 e. The van der Waals surface area contributed by atoms with Crippen molar-refractivity contribution in [3.63, 3.8) is 0 Å². The van der Waals surface area contributed by atoms with E-state index in [1.165, 1.54) is 16.4 Å². The predicted molar refractivity (Wildman–Crippen MR) is 78.1 cm³/mol. The van der Waals surface area contributed by atoms with Crippen molar-refractivity contribution in [2.45, 2.75) is 24.7 Å². The zero-order chi connectivity index (χ0) is 15.6. The first kappa shape index (κ1) is 15.5. The fourth-order valence-electron chi connectivity index (χ4n) is 2.06. The lowest BCUT2D eigenvalue weighted by atomic mass is 10.2. The average molecular weight is 308 g/mol. The van der Waals surface area contributed by atoms with Crippen molar-refractivity contribution in [1.82, 2.24) is 4.31 Å². The molecule has 0 aliphatic heterocycles. The Morgan fingerprint density at radius 3 is 2.67 bits per heavy atom. The number of non-ortho nitro benzene ring substituents is 1. The highest BCUT2D eigenvalue weighted by Gasteiger charge is 2.32. The molecule has 0 bridgehead atoms. The maximum absolute atomic E-state index is 12.7. The van der Waals surface area contributed by atoms with Gasteiger partial charge in [0.25, 0.3) is 5.69 Å².